The average molecular weight is 1160 g/mol. The van der Waals surface area contributed by atoms with Crippen molar-refractivity contribution in [2.24, 2.45) is 5.41 Å². The molecule has 4 aliphatic rings. The molecule has 4 heterocycles. The fraction of sp³-hybridized carbons (Fsp3) is 0.375. The molecule has 19 heteroatoms. The number of nitro groups is 1. The Bertz CT molecular complexity index is 3560. The summed E-state index contributed by atoms with van der Waals surface area (Å²) in [6.45, 7) is 11.7. The fourth-order valence-electron chi connectivity index (χ4n) is 12.3. The minimum atomic E-state index is -4.67. The molecule has 3 fully saturated rings. The molecule has 0 spiro atoms. The van der Waals surface area contributed by atoms with Gasteiger partial charge in [-0.3, -0.25) is 19.8 Å². The molecule has 11 rings (SSSR count). The molecular formula is C64H71ClN8O9S. The molecule has 0 atom stereocenters. The monoisotopic (exact) mass is 1160 g/mol. The van der Waals surface area contributed by atoms with E-state index >= 15 is 0 Å². The third-order valence-corrected chi connectivity index (χ3v) is 18.5. The normalized spacial score (nSPS) is 17.6. The summed E-state index contributed by atoms with van der Waals surface area (Å²) in [5.41, 5.74) is 7.96. The van der Waals surface area contributed by atoms with Crippen molar-refractivity contribution in [2.45, 2.75) is 81.8 Å². The molecule has 0 saturated carbocycles. The number of rotatable bonds is 18. The maximum atomic E-state index is 14.6. The van der Waals surface area contributed by atoms with Gasteiger partial charge in [-0.1, -0.05) is 73.5 Å². The smallest absolute Gasteiger partial charge is 0.293 e. The lowest BCUT2D eigenvalue weighted by atomic mass is 9.72. The minimum absolute atomic E-state index is 0.0405. The van der Waals surface area contributed by atoms with Crippen LogP contribution in [0, 0.1) is 15.5 Å². The van der Waals surface area contributed by atoms with Crippen molar-refractivity contribution >= 4 is 61.2 Å². The zero-order chi connectivity index (χ0) is 57.8. The molecule has 0 bridgehead atoms. The Hall–Kier alpha value is -7.48. The van der Waals surface area contributed by atoms with E-state index in [9.17, 15) is 23.3 Å². The molecule has 3 saturated heterocycles. The van der Waals surface area contributed by atoms with E-state index in [4.69, 9.17) is 35.5 Å². The molecule has 2 N–H and O–H groups in total. The largest absolute Gasteiger partial charge is 0.497 e. The fourth-order valence-corrected chi connectivity index (χ4v) is 13.4. The summed E-state index contributed by atoms with van der Waals surface area (Å²) in [6, 6.07) is 38.4. The molecule has 6 aromatic carbocycles. The summed E-state index contributed by atoms with van der Waals surface area (Å²) in [5, 5.41) is 16.6. The Kier molecular flexibility index (Phi) is 17.1. The molecule has 3 aliphatic heterocycles. The van der Waals surface area contributed by atoms with Crippen molar-refractivity contribution in [3.05, 3.63) is 177 Å². The minimum Gasteiger partial charge on any atom is -0.497 e. The predicted octanol–water partition coefficient (Wildman–Crippen LogP) is 12.0. The lowest BCUT2D eigenvalue weighted by molar-refractivity contribution is -0.384. The number of likely N-dealkylation sites (tertiary alicyclic amines) is 1. The Morgan fingerprint density at radius 1 is 0.819 bits per heavy atom. The quantitative estimate of drug-likeness (QED) is 0.0611. The third-order valence-electron chi connectivity index (χ3n) is 17.0. The lowest BCUT2D eigenvalue weighted by Gasteiger charge is -2.39. The number of carbonyl (C=O) groups is 1. The van der Waals surface area contributed by atoms with Gasteiger partial charge >= 0.3 is 0 Å². The average Bonchev–Trinajstić information content (AvgIpc) is 3.98. The number of sulfonamides is 1. The highest BCUT2D eigenvalue weighted by Gasteiger charge is 2.33. The van der Waals surface area contributed by atoms with Crippen LogP contribution in [-0.2, 0) is 14.8 Å². The number of ether oxygens (including phenoxy) is 4. The number of hydrogen-bond donors (Lipinski definition) is 2. The van der Waals surface area contributed by atoms with Crippen molar-refractivity contribution in [2.75, 3.05) is 83.5 Å². The van der Waals surface area contributed by atoms with Crippen LogP contribution in [-0.4, -0.2) is 124 Å². The van der Waals surface area contributed by atoms with E-state index < -0.39 is 31.4 Å². The number of halogens is 1. The zero-order valence-electron chi connectivity index (χ0n) is 47.4. The summed E-state index contributed by atoms with van der Waals surface area (Å²) < 4.78 is 56.2. The van der Waals surface area contributed by atoms with Crippen molar-refractivity contribution in [1.82, 2.24) is 24.1 Å². The molecule has 7 aromatic rings. The number of carbonyl (C=O) groups excluding carboxylic acids is 1. The highest BCUT2D eigenvalue weighted by Crippen LogP contribution is 2.44. The predicted molar refractivity (Wildman–Crippen MR) is 324 cm³/mol. The number of piperazine rings is 1. The Balaban J connectivity index is 0.877. The second kappa shape index (κ2) is 24.8. The first kappa shape index (κ1) is 57.3. The Morgan fingerprint density at radius 2 is 1.49 bits per heavy atom. The van der Waals surface area contributed by atoms with Crippen molar-refractivity contribution in [3.63, 3.8) is 0 Å². The van der Waals surface area contributed by atoms with Crippen LogP contribution in [0.3, 0.4) is 0 Å². The van der Waals surface area contributed by atoms with Crippen molar-refractivity contribution in [1.29, 1.82) is 0 Å². The van der Waals surface area contributed by atoms with E-state index in [2.05, 4.69) is 55.3 Å². The molecule has 1 amide bonds. The van der Waals surface area contributed by atoms with Gasteiger partial charge in [0.25, 0.3) is 21.6 Å². The summed E-state index contributed by atoms with van der Waals surface area (Å²) in [4.78, 5) is 38.3. The molecular weight excluding hydrogens is 1090 g/mol. The molecule has 0 unspecified atom stereocenters. The number of piperidine rings is 1. The van der Waals surface area contributed by atoms with E-state index in [0.29, 0.717) is 30.4 Å². The van der Waals surface area contributed by atoms with E-state index in [1.54, 1.807) is 44.8 Å². The maximum Gasteiger partial charge on any atom is 0.293 e. The molecule has 1 aliphatic carbocycles. The van der Waals surface area contributed by atoms with E-state index in [-0.39, 0.29) is 34.5 Å². The first-order valence-electron chi connectivity index (χ1n) is 28.6. The van der Waals surface area contributed by atoms with Gasteiger partial charge in [-0.25, -0.2) is 18.1 Å². The van der Waals surface area contributed by atoms with Crippen LogP contribution in [0.5, 0.6) is 23.0 Å². The number of imidazole rings is 1. The highest BCUT2D eigenvalue weighted by atomic mass is 35.5. The van der Waals surface area contributed by atoms with Crippen molar-refractivity contribution in [3.8, 4) is 23.0 Å². The van der Waals surface area contributed by atoms with Gasteiger partial charge in [-0.2, -0.15) is 0 Å². The van der Waals surface area contributed by atoms with Gasteiger partial charge in [0.1, 0.15) is 28.5 Å². The standard InChI is InChI=1S/C64H71ClN8O9S/c1-64(2)29-24-46(55(40-64)43-8-14-47(65)15-9-43)41-69-32-34-71(35-33-69)50-16-22-54(63(74)68-83(77,78)53-21-23-56(58(39-53)73(75)76)67-48-25-30-70(31-26-48)49-27-36-81-37-28-49)60(38-50)82-59-7-5-6-57-61(59)66-42-72(57)62(44-10-17-51(79-3)18-11-44)45-12-19-52(80-4)20-13-45/h5-23,38-39,42,48-49,62,67H,24-37,40-41H2,1-4H3,(H,68,74). The lowest BCUT2D eigenvalue weighted by Crippen LogP contribution is -2.47. The topological polar surface area (TPSA) is 183 Å². The number of nitrogens with zero attached hydrogens (tertiary/aromatic N) is 6. The summed E-state index contributed by atoms with van der Waals surface area (Å²) in [6.07, 6.45) is 8.42. The van der Waals surface area contributed by atoms with Crippen molar-refractivity contribution < 1.29 is 37.1 Å². The first-order chi connectivity index (χ1) is 40.1. The van der Waals surface area contributed by atoms with Gasteiger partial charge < -0.3 is 38.6 Å². The van der Waals surface area contributed by atoms with Crippen LogP contribution in [0.4, 0.5) is 17.1 Å². The van der Waals surface area contributed by atoms with Gasteiger partial charge in [0, 0.05) is 94.0 Å². The number of aromatic nitrogens is 2. The SMILES string of the molecule is COc1ccc(C(c2ccc(OC)cc2)n2cnc3c(Oc4cc(N5CCN(CC6=C(c7ccc(Cl)cc7)CC(C)(C)CC6)CC5)ccc4C(=O)NS(=O)(=O)c4ccc(NC5CCN(C6CCOCC6)CC5)c([N+](=O)[O-])c4)cccc32)cc1. The molecule has 1 aromatic heterocycles. The van der Waals surface area contributed by atoms with Crippen LogP contribution >= 0.6 is 11.6 Å². The van der Waals surface area contributed by atoms with E-state index in [0.717, 1.165) is 136 Å². The van der Waals surface area contributed by atoms with Crippen LogP contribution in [0.15, 0.2) is 144 Å². The molecule has 434 valence electrons. The number of anilines is 2. The number of benzene rings is 6. The number of para-hydroxylation sites is 1. The third kappa shape index (κ3) is 13.0. The van der Waals surface area contributed by atoms with E-state index in [1.165, 1.54) is 28.8 Å². The number of nitro benzene ring substituents is 1. The number of amides is 1. The first-order valence-corrected chi connectivity index (χ1v) is 30.4. The van der Waals surface area contributed by atoms with Crippen LogP contribution in [0.25, 0.3) is 16.6 Å². The summed E-state index contributed by atoms with van der Waals surface area (Å²) >= 11 is 6.32. The number of hydrogen-bond acceptors (Lipinski definition) is 14. The molecule has 17 nitrogen and oxygen atoms in total. The van der Waals surface area contributed by atoms with Crippen LogP contribution in [0.2, 0.25) is 5.02 Å². The van der Waals surface area contributed by atoms with Gasteiger partial charge in [0.05, 0.1) is 47.5 Å². The Morgan fingerprint density at radius 3 is 2.14 bits per heavy atom. The number of methoxy groups -OCH3 is 2. The zero-order valence-corrected chi connectivity index (χ0v) is 49.0. The van der Waals surface area contributed by atoms with Gasteiger partial charge in [-0.05, 0) is 145 Å². The van der Waals surface area contributed by atoms with Crippen LogP contribution in [0.1, 0.15) is 91.9 Å². The second-order valence-electron chi connectivity index (χ2n) is 22.9. The number of fused-ring (bicyclic) bond motifs is 1. The van der Waals surface area contributed by atoms with Gasteiger partial charge in [0.2, 0.25) is 0 Å². The second-order valence-corrected chi connectivity index (χ2v) is 25.0. The Labute approximate surface area is 490 Å². The number of allylic oxidation sites excluding steroid dienone is 1. The van der Waals surface area contributed by atoms with E-state index in [1.807, 2.05) is 72.8 Å². The number of nitrogens with one attached hydrogen (secondary N) is 2. The summed E-state index contributed by atoms with van der Waals surface area (Å²) in [7, 11) is -1.41. The molecule has 83 heavy (non-hydrogen) atoms. The highest BCUT2D eigenvalue weighted by molar-refractivity contribution is 7.90. The maximum absolute atomic E-state index is 14.6. The molecule has 0 radical (unpaired) electrons. The summed E-state index contributed by atoms with van der Waals surface area (Å²) in [5.74, 6) is 0.883. The van der Waals surface area contributed by atoms with Crippen LogP contribution < -0.4 is 29.1 Å². The van der Waals surface area contributed by atoms with Gasteiger partial charge in [-0.15, -0.1) is 0 Å². The van der Waals surface area contributed by atoms with Gasteiger partial charge in [0.15, 0.2) is 5.75 Å².